The molecule has 0 unspecified atom stereocenters. The van der Waals surface area contributed by atoms with Crippen molar-refractivity contribution >= 4 is 5.97 Å². The summed E-state index contributed by atoms with van der Waals surface area (Å²) in [5.41, 5.74) is 0. The minimum Gasteiger partial charge on any atom is -0.481 e. The maximum atomic E-state index is 12.2. The van der Waals surface area contributed by atoms with Gasteiger partial charge in [0.1, 0.15) is 6.42 Å². The molecule has 0 fully saturated rings. The highest BCUT2D eigenvalue weighted by Crippen LogP contribution is 2.36. The fourth-order valence-electron chi connectivity index (χ4n) is 0.758. The molecule has 7 heteroatoms. The number of aliphatic carboxylic acids is 1. The Hall–Kier alpha value is -0.820. The van der Waals surface area contributed by atoms with Gasteiger partial charge in [-0.15, -0.1) is 0 Å². The van der Waals surface area contributed by atoms with Crippen LogP contribution in [-0.2, 0) is 14.3 Å². The van der Waals surface area contributed by atoms with E-state index in [9.17, 15) is 18.0 Å². The molecule has 0 saturated carbocycles. The minimum absolute atomic E-state index is 0.736. The highest BCUT2D eigenvalue weighted by atomic mass is 19.4. The number of carboxylic acid groups (broad SMARTS) is 1. The van der Waals surface area contributed by atoms with Crippen LogP contribution in [0.15, 0.2) is 0 Å². The summed E-state index contributed by atoms with van der Waals surface area (Å²) < 4.78 is 44.7. The molecule has 0 aromatic rings. The highest BCUT2D eigenvalue weighted by molar-refractivity contribution is 5.68. The lowest BCUT2D eigenvalue weighted by Gasteiger charge is -2.30. The van der Waals surface area contributed by atoms with Crippen LogP contribution in [0.4, 0.5) is 13.2 Å². The number of carbonyl (C=O) groups is 1. The van der Waals surface area contributed by atoms with E-state index in [0.29, 0.717) is 0 Å². The number of hydrogen-bond acceptors (Lipinski definition) is 3. The first kappa shape index (κ1) is 12.2. The number of halogens is 3. The molecule has 0 rings (SSSR count). The van der Waals surface area contributed by atoms with Crippen LogP contribution in [0.25, 0.3) is 0 Å². The van der Waals surface area contributed by atoms with Crippen molar-refractivity contribution in [2.75, 3.05) is 14.2 Å². The van der Waals surface area contributed by atoms with Crippen LogP contribution in [0.3, 0.4) is 0 Å². The molecule has 0 bridgehead atoms. The second kappa shape index (κ2) is 3.93. The summed E-state index contributed by atoms with van der Waals surface area (Å²) in [7, 11) is 1.47. The van der Waals surface area contributed by atoms with Gasteiger partial charge in [0.15, 0.2) is 0 Å². The molecule has 0 aliphatic rings. The van der Waals surface area contributed by atoms with E-state index in [-0.39, 0.29) is 0 Å². The van der Waals surface area contributed by atoms with Crippen molar-refractivity contribution in [3.63, 3.8) is 0 Å². The van der Waals surface area contributed by atoms with E-state index in [1.165, 1.54) is 0 Å². The van der Waals surface area contributed by atoms with E-state index in [2.05, 4.69) is 9.47 Å². The minimum atomic E-state index is -4.88. The normalized spacial score (nSPS) is 13.0. The Bertz CT molecular complexity index is 185. The van der Waals surface area contributed by atoms with Crippen LogP contribution in [0.2, 0.25) is 0 Å². The van der Waals surface area contributed by atoms with Crippen LogP contribution >= 0.6 is 0 Å². The molecular weight excluding hydrogens is 193 g/mol. The van der Waals surface area contributed by atoms with Crippen molar-refractivity contribution in [1.82, 2.24) is 0 Å². The third-order valence-corrected chi connectivity index (χ3v) is 1.48. The fourth-order valence-corrected chi connectivity index (χ4v) is 0.758. The molecule has 0 spiro atoms. The summed E-state index contributed by atoms with van der Waals surface area (Å²) in [6.07, 6.45) is -6.17. The van der Waals surface area contributed by atoms with E-state index in [1.807, 2.05) is 0 Å². The van der Waals surface area contributed by atoms with Gasteiger partial charge >= 0.3 is 12.1 Å². The Morgan fingerprint density at radius 1 is 1.31 bits per heavy atom. The van der Waals surface area contributed by atoms with Gasteiger partial charge in [-0.25, -0.2) is 0 Å². The summed E-state index contributed by atoms with van der Waals surface area (Å²) in [4.78, 5) is 10.1. The lowest BCUT2D eigenvalue weighted by Crippen LogP contribution is -2.50. The van der Waals surface area contributed by atoms with Gasteiger partial charge in [0.25, 0.3) is 5.79 Å². The maximum Gasteiger partial charge on any atom is 0.443 e. The lowest BCUT2D eigenvalue weighted by molar-refractivity contribution is -0.366. The van der Waals surface area contributed by atoms with E-state index in [0.717, 1.165) is 14.2 Å². The molecule has 1 N–H and O–H groups in total. The largest absolute Gasteiger partial charge is 0.481 e. The molecule has 0 aromatic heterocycles. The molecule has 0 amide bonds. The van der Waals surface area contributed by atoms with Crippen molar-refractivity contribution in [2.24, 2.45) is 0 Å². The third kappa shape index (κ3) is 2.56. The molecular formula is C6H9F3O4. The van der Waals surface area contributed by atoms with Gasteiger partial charge in [0, 0.05) is 14.2 Å². The average Bonchev–Trinajstić information content (AvgIpc) is 1.97. The third-order valence-electron chi connectivity index (χ3n) is 1.48. The Morgan fingerprint density at radius 3 is 1.77 bits per heavy atom. The molecule has 0 aromatic carbocycles. The summed E-state index contributed by atoms with van der Waals surface area (Å²) in [6, 6.07) is 0. The van der Waals surface area contributed by atoms with Gasteiger partial charge in [0.2, 0.25) is 0 Å². The lowest BCUT2D eigenvalue weighted by atomic mass is 10.2. The van der Waals surface area contributed by atoms with E-state index in [1.54, 1.807) is 0 Å². The van der Waals surface area contributed by atoms with Crippen LogP contribution in [0.5, 0.6) is 0 Å². The second-order valence-electron chi connectivity index (χ2n) is 2.23. The van der Waals surface area contributed by atoms with E-state index >= 15 is 0 Å². The average molecular weight is 202 g/mol. The van der Waals surface area contributed by atoms with Crippen LogP contribution < -0.4 is 0 Å². The predicted molar refractivity (Wildman–Crippen MR) is 35.1 cm³/mol. The fraction of sp³-hybridized carbons (Fsp3) is 0.833. The van der Waals surface area contributed by atoms with Crippen LogP contribution in [0.1, 0.15) is 6.42 Å². The highest BCUT2D eigenvalue weighted by Gasteiger charge is 2.58. The molecule has 13 heavy (non-hydrogen) atoms. The van der Waals surface area contributed by atoms with Gasteiger partial charge in [-0.05, 0) is 0 Å². The zero-order chi connectivity index (χ0) is 10.7. The van der Waals surface area contributed by atoms with Gasteiger partial charge in [-0.3, -0.25) is 4.79 Å². The van der Waals surface area contributed by atoms with Crippen LogP contribution in [0, 0.1) is 0 Å². The monoisotopic (exact) mass is 202 g/mol. The number of hydrogen-bond donors (Lipinski definition) is 1. The Morgan fingerprint density at radius 2 is 1.69 bits per heavy atom. The second-order valence-corrected chi connectivity index (χ2v) is 2.23. The number of rotatable bonds is 4. The molecule has 0 heterocycles. The number of carboxylic acids is 1. The summed E-state index contributed by atoms with van der Waals surface area (Å²) in [5, 5.41) is 8.21. The summed E-state index contributed by atoms with van der Waals surface area (Å²) in [6.45, 7) is 0. The number of ether oxygens (including phenoxy) is 2. The van der Waals surface area contributed by atoms with Crippen molar-refractivity contribution < 1.29 is 32.5 Å². The van der Waals surface area contributed by atoms with Crippen molar-refractivity contribution in [1.29, 1.82) is 0 Å². The molecule has 0 radical (unpaired) electrons. The molecule has 78 valence electrons. The SMILES string of the molecule is COC(CC(=O)O)(OC)C(F)(F)F. The summed E-state index contributed by atoms with van der Waals surface area (Å²) in [5.74, 6) is -4.71. The van der Waals surface area contributed by atoms with Gasteiger partial charge in [-0.1, -0.05) is 0 Å². The molecule has 0 atom stereocenters. The molecule has 0 aliphatic carbocycles. The van der Waals surface area contributed by atoms with Gasteiger partial charge < -0.3 is 14.6 Å². The zero-order valence-electron chi connectivity index (χ0n) is 7.01. The molecule has 0 aliphatic heterocycles. The molecule has 4 nitrogen and oxygen atoms in total. The van der Waals surface area contributed by atoms with Crippen molar-refractivity contribution in [3.8, 4) is 0 Å². The smallest absolute Gasteiger partial charge is 0.443 e. The number of methoxy groups -OCH3 is 2. The first-order valence-electron chi connectivity index (χ1n) is 3.18. The van der Waals surface area contributed by atoms with E-state index in [4.69, 9.17) is 5.11 Å². The Kier molecular flexibility index (Phi) is 3.68. The topological polar surface area (TPSA) is 55.8 Å². The Balaban J connectivity index is 4.80. The molecule has 0 saturated heterocycles. The Labute approximate surface area is 72.2 Å². The van der Waals surface area contributed by atoms with Gasteiger partial charge in [-0.2, -0.15) is 13.2 Å². The standard InChI is InChI=1S/C6H9F3O4/c1-12-5(13-2,3-4(10)11)6(7,8)9/h3H2,1-2H3,(H,10,11). The van der Waals surface area contributed by atoms with E-state index < -0.39 is 24.4 Å². The van der Waals surface area contributed by atoms with Crippen LogP contribution in [-0.4, -0.2) is 37.3 Å². The quantitative estimate of drug-likeness (QED) is 0.691. The summed E-state index contributed by atoms with van der Waals surface area (Å²) >= 11 is 0. The van der Waals surface area contributed by atoms with Crippen molar-refractivity contribution in [3.05, 3.63) is 0 Å². The number of alkyl halides is 3. The van der Waals surface area contributed by atoms with Gasteiger partial charge in [0.05, 0.1) is 0 Å². The first-order valence-corrected chi connectivity index (χ1v) is 3.18. The zero-order valence-corrected chi connectivity index (χ0v) is 7.01. The maximum absolute atomic E-state index is 12.2. The first-order chi connectivity index (χ1) is 5.79. The predicted octanol–water partition coefficient (Wildman–Crippen LogP) is 1.01. The van der Waals surface area contributed by atoms with Crippen molar-refractivity contribution in [2.45, 2.75) is 18.4 Å².